The molecule has 23 heavy (non-hydrogen) atoms. The monoisotopic (exact) mass is 297 g/mol. The highest BCUT2D eigenvalue weighted by atomic mass is 14.9. The molecule has 112 valence electrons. The molecule has 1 heteroatoms. The van der Waals surface area contributed by atoms with E-state index in [4.69, 9.17) is 0 Å². The minimum absolute atomic E-state index is 1.12. The molecule has 1 N–H and O–H groups in total. The summed E-state index contributed by atoms with van der Waals surface area (Å²) in [6.07, 6.45) is 0. The van der Waals surface area contributed by atoms with Gasteiger partial charge in [0.15, 0.2) is 0 Å². The molecule has 0 amide bonds. The van der Waals surface area contributed by atoms with Crippen molar-refractivity contribution in [2.75, 3.05) is 5.32 Å². The predicted molar refractivity (Wildman–Crippen MR) is 100 cm³/mol. The fourth-order valence-electron chi connectivity index (χ4n) is 2.34. The van der Waals surface area contributed by atoms with E-state index in [0.717, 1.165) is 11.4 Å². The van der Waals surface area contributed by atoms with Gasteiger partial charge in [-0.1, -0.05) is 84.9 Å². The third kappa shape index (κ3) is 4.45. The Morgan fingerprint density at radius 1 is 0.348 bits per heavy atom. The van der Waals surface area contributed by atoms with Crippen molar-refractivity contribution in [3.8, 4) is 0 Å². The van der Waals surface area contributed by atoms with Crippen molar-refractivity contribution in [3.05, 3.63) is 109 Å². The maximum atomic E-state index is 3.30. The molecule has 0 aliphatic heterocycles. The van der Waals surface area contributed by atoms with E-state index in [-0.39, 0.29) is 0 Å². The van der Waals surface area contributed by atoms with Gasteiger partial charge in [-0.05, 0) is 35.0 Å². The molecule has 0 spiro atoms. The van der Waals surface area contributed by atoms with Crippen LogP contribution in [0.15, 0.2) is 109 Å². The van der Waals surface area contributed by atoms with Crippen molar-refractivity contribution >= 4 is 22.1 Å². The lowest BCUT2D eigenvalue weighted by molar-refractivity contribution is 1.55. The summed E-state index contributed by atoms with van der Waals surface area (Å²) in [5.41, 5.74) is 2.24. The number of anilines is 2. The van der Waals surface area contributed by atoms with Crippen LogP contribution in [-0.4, -0.2) is 0 Å². The first kappa shape index (κ1) is 14.9. The van der Waals surface area contributed by atoms with Crippen molar-refractivity contribution < 1.29 is 0 Å². The number of hydrogen-bond donors (Lipinski definition) is 1. The Morgan fingerprint density at radius 3 is 1.00 bits per heavy atom. The summed E-state index contributed by atoms with van der Waals surface area (Å²) in [7, 11) is 0. The molecule has 0 heterocycles. The molecule has 1 nitrogen and oxygen atoms in total. The van der Waals surface area contributed by atoms with Crippen LogP contribution in [0, 0.1) is 0 Å². The average Bonchev–Trinajstić information content (AvgIpc) is 2.64. The van der Waals surface area contributed by atoms with Gasteiger partial charge in [0.05, 0.1) is 0 Å². The topological polar surface area (TPSA) is 12.0 Å². The van der Waals surface area contributed by atoms with Crippen LogP contribution in [-0.2, 0) is 0 Å². The van der Waals surface area contributed by atoms with Gasteiger partial charge in [-0.2, -0.15) is 0 Å². The standard InChI is InChI=1S/C12H11N.C10H8/c1-3-7-11(8-4-1)13-12-9-5-2-6-10-12;1-2-6-10-8-4-3-7-9(10)5-1/h1-10,13H;1-8H. The quantitative estimate of drug-likeness (QED) is 0.460. The minimum atomic E-state index is 1.12. The first-order valence-corrected chi connectivity index (χ1v) is 7.73. The number of nitrogens with one attached hydrogen (secondary N) is 1. The first-order valence-electron chi connectivity index (χ1n) is 7.73. The summed E-state index contributed by atoms with van der Waals surface area (Å²) in [5, 5.41) is 5.92. The molecule has 0 fully saturated rings. The zero-order valence-corrected chi connectivity index (χ0v) is 12.9. The van der Waals surface area contributed by atoms with Crippen molar-refractivity contribution in [2.24, 2.45) is 0 Å². The van der Waals surface area contributed by atoms with Gasteiger partial charge in [-0.25, -0.2) is 0 Å². The molecule has 0 aliphatic rings. The molecular weight excluding hydrogens is 278 g/mol. The van der Waals surface area contributed by atoms with Crippen LogP contribution in [0.3, 0.4) is 0 Å². The van der Waals surface area contributed by atoms with Gasteiger partial charge in [0.25, 0.3) is 0 Å². The zero-order valence-electron chi connectivity index (χ0n) is 12.9. The Labute approximate surface area is 137 Å². The van der Waals surface area contributed by atoms with E-state index >= 15 is 0 Å². The van der Waals surface area contributed by atoms with Crippen molar-refractivity contribution in [2.45, 2.75) is 0 Å². The summed E-state index contributed by atoms with van der Waals surface area (Å²) < 4.78 is 0. The molecule has 0 unspecified atom stereocenters. The lowest BCUT2D eigenvalue weighted by atomic mass is 10.1. The van der Waals surface area contributed by atoms with Crippen LogP contribution in [0.1, 0.15) is 0 Å². The van der Waals surface area contributed by atoms with E-state index in [2.05, 4.69) is 53.8 Å². The van der Waals surface area contributed by atoms with Crippen LogP contribution in [0.5, 0.6) is 0 Å². The number of para-hydroxylation sites is 2. The van der Waals surface area contributed by atoms with Crippen LogP contribution in [0.4, 0.5) is 11.4 Å². The van der Waals surface area contributed by atoms with Gasteiger partial charge in [0.1, 0.15) is 0 Å². The normalized spacial score (nSPS) is 9.74. The number of hydrogen-bond acceptors (Lipinski definition) is 1. The largest absolute Gasteiger partial charge is 0.356 e. The smallest absolute Gasteiger partial charge is 0.0384 e. The van der Waals surface area contributed by atoms with E-state index in [1.165, 1.54) is 10.8 Å². The van der Waals surface area contributed by atoms with Crippen molar-refractivity contribution in [3.63, 3.8) is 0 Å². The van der Waals surface area contributed by atoms with Crippen molar-refractivity contribution in [1.29, 1.82) is 0 Å². The fraction of sp³-hybridized carbons (Fsp3) is 0. The molecule has 0 aromatic heterocycles. The van der Waals surface area contributed by atoms with Crippen LogP contribution in [0.25, 0.3) is 10.8 Å². The summed E-state index contributed by atoms with van der Waals surface area (Å²) >= 11 is 0. The summed E-state index contributed by atoms with van der Waals surface area (Å²) in [6, 6.07) is 37.0. The van der Waals surface area contributed by atoms with Gasteiger partial charge >= 0.3 is 0 Å². The second-order valence-corrected chi connectivity index (χ2v) is 5.20. The summed E-state index contributed by atoms with van der Waals surface area (Å²) in [4.78, 5) is 0. The van der Waals surface area contributed by atoms with Gasteiger partial charge in [-0.3, -0.25) is 0 Å². The molecule has 0 radical (unpaired) electrons. The molecule has 0 saturated carbocycles. The van der Waals surface area contributed by atoms with Crippen LogP contribution >= 0.6 is 0 Å². The molecule has 4 aromatic carbocycles. The van der Waals surface area contributed by atoms with E-state index in [1.54, 1.807) is 0 Å². The summed E-state index contributed by atoms with van der Waals surface area (Å²) in [5.74, 6) is 0. The maximum absolute atomic E-state index is 3.30. The third-order valence-electron chi connectivity index (χ3n) is 3.49. The van der Waals surface area contributed by atoms with E-state index in [0.29, 0.717) is 0 Å². The Hall–Kier alpha value is -3.06. The molecule has 4 rings (SSSR count). The Bertz CT molecular complexity index is 736. The van der Waals surface area contributed by atoms with E-state index in [1.807, 2.05) is 60.7 Å². The van der Waals surface area contributed by atoms with Gasteiger partial charge in [0.2, 0.25) is 0 Å². The van der Waals surface area contributed by atoms with Crippen LogP contribution < -0.4 is 5.32 Å². The molecular formula is C22H19N. The average molecular weight is 297 g/mol. The maximum Gasteiger partial charge on any atom is 0.0384 e. The SMILES string of the molecule is c1ccc(Nc2ccccc2)cc1.c1ccc2ccccc2c1. The molecule has 0 bridgehead atoms. The minimum Gasteiger partial charge on any atom is -0.356 e. The van der Waals surface area contributed by atoms with E-state index in [9.17, 15) is 0 Å². The Morgan fingerprint density at radius 2 is 0.652 bits per heavy atom. The van der Waals surface area contributed by atoms with E-state index < -0.39 is 0 Å². The highest BCUT2D eigenvalue weighted by molar-refractivity contribution is 5.82. The Balaban J connectivity index is 0.000000140. The second-order valence-electron chi connectivity index (χ2n) is 5.20. The highest BCUT2D eigenvalue weighted by Crippen LogP contribution is 2.14. The Kier molecular flexibility index (Phi) is 5.04. The number of fused-ring (bicyclic) bond motifs is 1. The number of rotatable bonds is 2. The molecule has 0 saturated heterocycles. The van der Waals surface area contributed by atoms with Crippen molar-refractivity contribution in [1.82, 2.24) is 0 Å². The first-order chi connectivity index (χ1) is 11.4. The lowest BCUT2D eigenvalue weighted by Crippen LogP contribution is -1.87. The van der Waals surface area contributed by atoms with Gasteiger partial charge in [0, 0.05) is 11.4 Å². The fourth-order valence-corrected chi connectivity index (χ4v) is 2.34. The highest BCUT2D eigenvalue weighted by Gasteiger charge is 1.90. The predicted octanol–water partition coefficient (Wildman–Crippen LogP) is 6.27. The molecule has 0 aliphatic carbocycles. The van der Waals surface area contributed by atoms with Gasteiger partial charge < -0.3 is 5.32 Å². The molecule has 4 aromatic rings. The van der Waals surface area contributed by atoms with Crippen LogP contribution in [0.2, 0.25) is 0 Å². The third-order valence-corrected chi connectivity index (χ3v) is 3.49. The zero-order chi connectivity index (χ0) is 15.7. The number of benzene rings is 4. The van der Waals surface area contributed by atoms with Gasteiger partial charge in [-0.15, -0.1) is 0 Å². The second kappa shape index (κ2) is 7.81. The molecule has 0 atom stereocenters. The summed E-state index contributed by atoms with van der Waals surface area (Å²) in [6.45, 7) is 0. The lowest BCUT2D eigenvalue weighted by Gasteiger charge is -2.04.